The van der Waals surface area contributed by atoms with Gasteiger partial charge in [0.1, 0.15) is 0 Å². The summed E-state index contributed by atoms with van der Waals surface area (Å²) in [5, 5.41) is 4.92. The van der Waals surface area contributed by atoms with E-state index in [1.165, 1.54) is 111 Å². The van der Waals surface area contributed by atoms with Crippen LogP contribution in [-0.2, 0) is 0 Å². The van der Waals surface area contributed by atoms with Crippen LogP contribution in [0.4, 0.5) is 0 Å². The molecule has 0 bridgehead atoms. The van der Waals surface area contributed by atoms with Gasteiger partial charge in [0.15, 0.2) is 0 Å². The first-order chi connectivity index (χ1) is 30.7. The fourth-order valence-corrected chi connectivity index (χ4v) is 9.19. The van der Waals surface area contributed by atoms with Crippen LogP contribution in [0.25, 0.3) is 111 Å². The quantitative estimate of drug-likeness (QED) is 0.135. The molecule has 0 nitrogen and oxygen atoms in total. The van der Waals surface area contributed by atoms with Gasteiger partial charge in [-0.25, -0.2) is 0 Å². The number of hydrogen-bond donors (Lipinski definition) is 0. The Labute approximate surface area is 363 Å². The molecule has 0 saturated heterocycles. The third kappa shape index (κ3) is 7.08. The summed E-state index contributed by atoms with van der Waals surface area (Å²) in [5.41, 5.74) is 19.3. The molecular weight excluding hydrogens is 745 g/mol. The van der Waals surface area contributed by atoms with Crippen LogP contribution in [0.1, 0.15) is 0 Å². The Morgan fingerprint density at radius 1 is 0.129 bits per heavy atom. The maximum Gasteiger partial charge on any atom is -0.00203 e. The smallest absolute Gasteiger partial charge is 0.00203 e. The van der Waals surface area contributed by atoms with Gasteiger partial charge in [0.05, 0.1) is 0 Å². The zero-order chi connectivity index (χ0) is 41.2. The first kappa shape index (κ1) is 37.0. The van der Waals surface area contributed by atoms with Gasteiger partial charge in [-0.15, -0.1) is 0 Å². The van der Waals surface area contributed by atoms with Crippen LogP contribution in [-0.4, -0.2) is 0 Å². The number of hydrogen-bond acceptors (Lipinski definition) is 0. The van der Waals surface area contributed by atoms with Gasteiger partial charge in [-0.1, -0.05) is 206 Å². The van der Waals surface area contributed by atoms with E-state index in [-0.39, 0.29) is 0 Å². The van der Waals surface area contributed by atoms with Crippen LogP contribution in [0.5, 0.6) is 0 Å². The Balaban J connectivity index is 1.20. The summed E-state index contributed by atoms with van der Waals surface area (Å²) in [6.07, 6.45) is 0. The highest BCUT2D eigenvalue weighted by molar-refractivity contribution is 6.23. The fourth-order valence-electron chi connectivity index (χ4n) is 9.19. The van der Waals surface area contributed by atoms with E-state index < -0.39 is 0 Å². The van der Waals surface area contributed by atoms with Gasteiger partial charge in [-0.05, 0) is 159 Å². The van der Waals surface area contributed by atoms with Crippen LogP contribution >= 0.6 is 0 Å². The van der Waals surface area contributed by atoms with Crippen molar-refractivity contribution in [2.45, 2.75) is 0 Å². The second-order valence-corrected chi connectivity index (χ2v) is 16.1. The third-order valence-corrected chi connectivity index (χ3v) is 12.2. The monoisotopic (exact) mass is 786 g/mol. The molecule has 11 aromatic carbocycles. The molecule has 62 heavy (non-hydrogen) atoms. The zero-order valence-corrected chi connectivity index (χ0v) is 34.2. The van der Waals surface area contributed by atoms with Crippen LogP contribution in [0.15, 0.2) is 255 Å². The van der Waals surface area contributed by atoms with Crippen molar-refractivity contribution in [2.24, 2.45) is 0 Å². The molecule has 0 saturated carbocycles. The number of fused-ring (bicyclic) bond motifs is 3. The highest BCUT2D eigenvalue weighted by Crippen LogP contribution is 2.47. The third-order valence-electron chi connectivity index (χ3n) is 12.2. The molecular formula is C62H42. The lowest BCUT2D eigenvalue weighted by Gasteiger charge is -2.20. The van der Waals surface area contributed by atoms with Crippen LogP contribution in [0.2, 0.25) is 0 Å². The average Bonchev–Trinajstić information content (AvgIpc) is 3.37. The van der Waals surface area contributed by atoms with Crippen molar-refractivity contribution in [1.29, 1.82) is 0 Å². The lowest BCUT2D eigenvalue weighted by molar-refractivity contribution is 1.57. The first-order valence-corrected chi connectivity index (χ1v) is 21.4. The summed E-state index contributed by atoms with van der Waals surface area (Å²) in [6, 6.07) is 93.2. The molecule has 0 aliphatic rings. The highest BCUT2D eigenvalue weighted by Gasteiger charge is 2.20. The molecule has 0 fully saturated rings. The van der Waals surface area contributed by atoms with Crippen LogP contribution in [0.3, 0.4) is 0 Å². The molecule has 0 amide bonds. The van der Waals surface area contributed by atoms with Gasteiger partial charge in [-0.3, -0.25) is 0 Å². The lowest BCUT2D eigenvalue weighted by Crippen LogP contribution is -1.93. The summed E-state index contributed by atoms with van der Waals surface area (Å²) in [7, 11) is 0. The Bertz CT molecular complexity index is 2990. The van der Waals surface area contributed by atoms with Crippen molar-refractivity contribution in [2.75, 3.05) is 0 Å². The van der Waals surface area contributed by atoms with Gasteiger partial charge in [0, 0.05) is 0 Å². The lowest BCUT2D eigenvalue weighted by atomic mass is 9.83. The molecule has 0 aliphatic carbocycles. The maximum atomic E-state index is 2.44. The molecule has 0 heteroatoms. The average molecular weight is 787 g/mol. The van der Waals surface area contributed by atoms with Crippen molar-refractivity contribution in [3.05, 3.63) is 255 Å². The second-order valence-electron chi connectivity index (χ2n) is 16.1. The van der Waals surface area contributed by atoms with Crippen molar-refractivity contribution in [3.8, 4) is 89.0 Å². The number of rotatable bonds is 8. The topological polar surface area (TPSA) is 0 Å². The molecule has 0 radical (unpaired) electrons. The van der Waals surface area contributed by atoms with Crippen molar-refractivity contribution >= 4 is 21.5 Å². The fraction of sp³-hybridized carbons (Fsp3) is 0. The van der Waals surface area contributed by atoms with Gasteiger partial charge >= 0.3 is 0 Å². The predicted octanol–water partition coefficient (Wildman–Crippen LogP) is 17.3. The van der Waals surface area contributed by atoms with E-state index in [0.717, 1.165) is 0 Å². The van der Waals surface area contributed by atoms with E-state index in [1.807, 2.05) is 0 Å². The van der Waals surface area contributed by atoms with E-state index >= 15 is 0 Å². The van der Waals surface area contributed by atoms with Crippen molar-refractivity contribution in [1.82, 2.24) is 0 Å². The second kappa shape index (κ2) is 16.2. The summed E-state index contributed by atoms with van der Waals surface area (Å²) >= 11 is 0. The first-order valence-electron chi connectivity index (χ1n) is 21.4. The van der Waals surface area contributed by atoms with Gasteiger partial charge in [0.25, 0.3) is 0 Å². The minimum atomic E-state index is 1.18. The maximum absolute atomic E-state index is 2.44. The summed E-state index contributed by atoms with van der Waals surface area (Å²) < 4.78 is 0. The normalized spacial score (nSPS) is 11.2. The largest absolute Gasteiger partial charge is 0.0622 e. The van der Waals surface area contributed by atoms with Gasteiger partial charge in [-0.2, -0.15) is 0 Å². The minimum Gasteiger partial charge on any atom is -0.0622 e. The van der Waals surface area contributed by atoms with E-state index in [9.17, 15) is 0 Å². The molecule has 290 valence electrons. The van der Waals surface area contributed by atoms with Crippen LogP contribution in [0, 0.1) is 0 Å². The molecule has 11 rings (SSSR count). The molecule has 0 atom stereocenters. The van der Waals surface area contributed by atoms with E-state index in [4.69, 9.17) is 0 Å². The molecule has 0 aliphatic heterocycles. The van der Waals surface area contributed by atoms with Crippen molar-refractivity contribution < 1.29 is 0 Å². The highest BCUT2D eigenvalue weighted by atomic mass is 14.2. The predicted molar refractivity (Wildman–Crippen MR) is 265 cm³/mol. The Hall–Kier alpha value is -8.06. The Morgan fingerprint density at radius 2 is 0.355 bits per heavy atom. The summed E-state index contributed by atoms with van der Waals surface area (Å²) in [5.74, 6) is 0. The van der Waals surface area contributed by atoms with Crippen LogP contribution < -0.4 is 0 Å². The molecule has 0 spiro atoms. The summed E-state index contributed by atoms with van der Waals surface area (Å²) in [6.45, 7) is 0. The van der Waals surface area contributed by atoms with E-state index in [2.05, 4.69) is 255 Å². The van der Waals surface area contributed by atoms with Crippen molar-refractivity contribution in [3.63, 3.8) is 0 Å². The molecule has 0 N–H and O–H groups in total. The molecule has 11 aromatic rings. The standard InChI is InChI=1S/C62H42/c1-7-19-43(20-8-1)51-35-52(44-21-9-2-10-22-44)38-55(37-51)49-31-33-57-59(41-49)60-42-50(32-34-58(60)62(48-29-17-6-18-30-48)61(57)47-27-15-5-16-28-47)56-39-53(45-23-11-3-12-24-45)36-54(40-56)46-25-13-4-14-26-46/h1-42H. The van der Waals surface area contributed by atoms with Gasteiger partial charge in [0.2, 0.25) is 0 Å². The summed E-state index contributed by atoms with van der Waals surface area (Å²) in [4.78, 5) is 0. The zero-order valence-electron chi connectivity index (χ0n) is 34.2. The Morgan fingerprint density at radius 3 is 0.613 bits per heavy atom. The van der Waals surface area contributed by atoms with E-state index in [0.29, 0.717) is 0 Å². The van der Waals surface area contributed by atoms with Gasteiger partial charge < -0.3 is 0 Å². The SMILES string of the molecule is c1ccc(-c2cc(-c3ccccc3)cc(-c3ccc4c(-c5ccccc5)c(-c5ccccc5)c5ccc(-c6cc(-c7ccccc7)cc(-c7ccccc7)c6)cc5c4c3)c2)cc1. The molecule has 0 aromatic heterocycles. The minimum absolute atomic E-state index is 1.18. The molecule has 0 unspecified atom stereocenters. The molecule has 0 heterocycles. The number of benzene rings is 11. The Kier molecular flexibility index (Phi) is 9.65. The van der Waals surface area contributed by atoms with E-state index in [1.54, 1.807) is 0 Å².